The second kappa shape index (κ2) is 6.43. The summed E-state index contributed by atoms with van der Waals surface area (Å²) in [6.45, 7) is 0. The number of ketones is 1. The van der Waals surface area contributed by atoms with Gasteiger partial charge in [0.25, 0.3) is 0 Å². The molecule has 4 aromatic rings. The highest BCUT2D eigenvalue weighted by molar-refractivity contribution is 7.26. The van der Waals surface area contributed by atoms with Crippen molar-refractivity contribution in [2.45, 2.75) is 18.8 Å². The molecule has 1 aromatic heterocycles. The molecule has 1 heterocycles. The topological polar surface area (TPSA) is 17.1 Å². The van der Waals surface area contributed by atoms with Gasteiger partial charge in [-0.15, -0.1) is 11.3 Å². The first-order valence-electron chi connectivity index (χ1n) is 9.08. The summed E-state index contributed by atoms with van der Waals surface area (Å²) in [6, 6.07) is 21.3. The number of hydrogen-bond acceptors (Lipinski definition) is 2. The molecule has 0 unspecified atom stereocenters. The van der Waals surface area contributed by atoms with E-state index in [0.717, 1.165) is 23.1 Å². The average Bonchev–Trinajstić information content (AvgIpc) is 3.07. The standard InChI is InChI=1S/C24H17FOS/c25-18-10-8-15(9-11-18)16-12-17(14-19(26)13-16)20-5-3-6-22-21-4-1-2-7-23(21)27-24(20)22/h1-11,14,16H,12-13H2/t16-/m1/s1. The molecule has 0 fully saturated rings. The summed E-state index contributed by atoms with van der Waals surface area (Å²) in [5, 5.41) is 2.50. The molecule has 3 aromatic carbocycles. The highest BCUT2D eigenvalue weighted by Crippen LogP contribution is 2.42. The Labute approximate surface area is 160 Å². The molecule has 1 aliphatic rings. The smallest absolute Gasteiger partial charge is 0.156 e. The predicted molar refractivity (Wildman–Crippen MR) is 111 cm³/mol. The van der Waals surface area contributed by atoms with Crippen LogP contribution in [0.25, 0.3) is 25.7 Å². The lowest BCUT2D eigenvalue weighted by Gasteiger charge is -2.23. The van der Waals surface area contributed by atoms with E-state index in [9.17, 15) is 9.18 Å². The van der Waals surface area contributed by atoms with Gasteiger partial charge in [0.2, 0.25) is 0 Å². The number of halogens is 1. The first-order valence-corrected chi connectivity index (χ1v) is 9.90. The van der Waals surface area contributed by atoms with E-state index in [0.29, 0.717) is 6.42 Å². The number of rotatable bonds is 2. The Morgan fingerprint density at radius 3 is 2.48 bits per heavy atom. The molecule has 3 heteroatoms. The lowest BCUT2D eigenvalue weighted by Crippen LogP contribution is -2.12. The van der Waals surface area contributed by atoms with E-state index in [1.807, 2.05) is 0 Å². The molecular formula is C24H17FOS. The predicted octanol–water partition coefficient (Wildman–Crippen LogP) is 6.72. The van der Waals surface area contributed by atoms with Crippen LogP contribution in [-0.2, 0) is 4.79 Å². The zero-order valence-corrected chi connectivity index (χ0v) is 15.4. The van der Waals surface area contributed by atoms with Crippen LogP contribution in [0.3, 0.4) is 0 Å². The molecule has 0 saturated heterocycles. The fourth-order valence-corrected chi connectivity index (χ4v) is 5.30. The maximum Gasteiger partial charge on any atom is 0.156 e. The van der Waals surface area contributed by atoms with Crippen LogP contribution in [0.4, 0.5) is 4.39 Å². The van der Waals surface area contributed by atoms with Crippen molar-refractivity contribution < 1.29 is 9.18 Å². The SMILES string of the molecule is O=C1C=C(c2cccc3c2sc2ccccc23)C[C@@H](c2ccc(F)cc2)C1. The average molecular weight is 372 g/mol. The van der Waals surface area contributed by atoms with E-state index in [1.165, 1.54) is 32.3 Å². The van der Waals surface area contributed by atoms with Crippen LogP contribution in [0.15, 0.2) is 72.8 Å². The summed E-state index contributed by atoms with van der Waals surface area (Å²) in [5.74, 6) is -0.00174. The summed E-state index contributed by atoms with van der Waals surface area (Å²) in [7, 11) is 0. The van der Waals surface area contributed by atoms with Crippen molar-refractivity contribution >= 4 is 42.9 Å². The molecule has 0 spiro atoms. The van der Waals surface area contributed by atoms with E-state index in [4.69, 9.17) is 0 Å². The zero-order valence-electron chi connectivity index (χ0n) is 14.6. The van der Waals surface area contributed by atoms with E-state index >= 15 is 0 Å². The first-order chi connectivity index (χ1) is 13.2. The molecule has 1 nitrogen and oxygen atoms in total. The maximum atomic E-state index is 13.3. The van der Waals surface area contributed by atoms with Gasteiger partial charge in [0, 0.05) is 26.6 Å². The van der Waals surface area contributed by atoms with Crippen LogP contribution < -0.4 is 0 Å². The van der Waals surface area contributed by atoms with Crippen LogP contribution >= 0.6 is 11.3 Å². The van der Waals surface area contributed by atoms with Crippen molar-refractivity contribution in [2.24, 2.45) is 0 Å². The number of benzene rings is 3. The highest BCUT2D eigenvalue weighted by Gasteiger charge is 2.24. The Kier molecular flexibility index (Phi) is 3.91. The minimum atomic E-state index is -0.244. The number of fused-ring (bicyclic) bond motifs is 3. The molecule has 0 aliphatic heterocycles. The first kappa shape index (κ1) is 16.4. The van der Waals surface area contributed by atoms with Gasteiger partial charge >= 0.3 is 0 Å². The normalized spacial score (nSPS) is 17.4. The Bertz CT molecular complexity index is 1200. The van der Waals surface area contributed by atoms with Gasteiger partial charge in [-0.3, -0.25) is 4.79 Å². The lowest BCUT2D eigenvalue weighted by atomic mass is 9.81. The Hall–Kier alpha value is -2.78. The monoisotopic (exact) mass is 372 g/mol. The largest absolute Gasteiger partial charge is 0.295 e. The van der Waals surface area contributed by atoms with E-state index in [-0.39, 0.29) is 17.5 Å². The van der Waals surface area contributed by atoms with Crippen LogP contribution in [0, 0.1) is 5.82 Å². The molecule has 1 atom stereocenters. The van der Waals surface area contributed by atoms with Crippen LogP contribution in [0.1, 0.15) is 29.9 Å². The van der Waals surface area contributed by atoms with Crippen molar-refractivity contribution in [1.29, 1.82) is 0 Å². The molecule has 132 valence electrons. The summed E-state index contributed by atoms with van der Waals surface area (Å²) >= 11 is 1.78. The molecule has 27 heavy (non-hydrogen) atoms. The second-order valence-electron chi connectivity index (χ2n) is 7.07. The van der Waals surface area contributed by atoms with Crippen molar-refractivity contribution in [3.8, 4) is 0 Å². The van der Waals surface area contributed by atoms with Gasteiger partial charge in [-0.05, 0) is 53.3 Å². The van der Waals surface area contributed by atoms with Gasteiger partial charge < -0.3 is 0 Å². The van der Waals surface area contributed by atoms with Crippen LogP contribution in [-0.4, -0.2) is 5.78 Å². The Balaban J connectivity index is 1.61. The van der Waals surface area contributed by atoms with Crippen LogP contribution in [0.2, 0.25) is 0 Å². The lowest BCUT2D eigenvalue weighted by molar-refractivity contribution is -0.115. The van der Waals surface area contributed by atoms with Crippen LogP contribution in [0.5, 0.6) is 0 Å². The fourth-order valence-electron chi connectivity index (χ4n) is 4.05. The molecule has 0 bridgehead atoms. The van der Waals surface area contributed by atoms with Crippen molar-refractivity contribution in [2.75, 3.05) is 0 Å². The van der Waals surface area contributed by atoms with Crippen molar-refractivity contribution in [1.82, 2.24) is 0 Å². The quantitative estimate of drug-likeness (QED) is 0.381. The van der Waals surface area contributed by atoms with Gasteiger partial charge in [-0.1, -0.05) is 48.5 Å². The van der Waals surface area contributed by atoms with Crippen molar-refractivity contribution in [3.05, 3.63) is 89.8 Å². The van der Waals surface area contributed by atoms with Crippen molar-refractivity contribution in [3.63, 3.8) is 0 Å². The maximum absolute atomic E-state index is 13.3. The van der Waals surface area contributed by atoms with Gasteiger partial charge in [0.1, 0.15) is 5.82 Å². The number of thiophene rings is 1. The molecule has 5 rings (SSSR count). The van der Waals surface area contributed by atoms with Gasteiger partial charge in [-0.25, -0.2) is 4.39 Å². The molecule has 0 radical (unpaired) electrons. The number of allylic oxidation sites excluding steroid dienone is 2. The Morgan fingerprint density at radius 2 is 1.63 bits per heavy atom. The molecular weight excluding hydrogens is 355 g/mol. The molecule has 0 amide bonds. The summed E-state index contributed by atoms with van der Waals surface area (Å²) < 4.78 is 15.8. The Morgan fingerprint density at radius 1 is 0.852 bits per heavy atom. The minimum Gasteiger partial charge on any atom is -0.295 e. The summed E-state index contributed by atoms with van der Waals surface area (Å²) in [6.07, 6.45) is 3.08. The van der Waals surface area contributed by atoms with Gasteiger partial charge in [0.05, 0.1) is 0 Å². The second-order valence-corrected chi connectivity index (χ2v) is 8.13. The highest BCUT2D eigenvalue weighted by atomic mass is 32.1. The molecule has 1 aliphatic carbocycles. The van der Waals surface area contributed by atoms with Gasteiger partial charge in [0.15, 0.2) is 5.78 Å². The fraction of sp³-hybridized carbons (Fsp3) is 0.125. The van der Waals surface area contributed by atoms with Gasteiger partial charge in [-0.2, -0.15) is 0 Å². The van der Waals surface area contributed by atoms with E-state index < -0.39 is 0 Å². The number of carbonyl (C=O) groups is 1. The molecule has 0 saturated carbocycles. The van der Waals surface area contributed by atoms with E-state index in [2.05, 4.69) is 42.5 Å². The van der Waals surface area contributed by atoms with E-state index in [1.54, 1.807) is 29.5 Å². The minimum absolute atomic E-state index is 0.0998. The number of hydrogen-bond donors (Lipinski definition) is 0. The third kappa shape index (κ3) is 2.88. The molecule has 0 N–H and O–H groups in total. The number of carbonyl (C=O) groups excluding carboxylic acids is 1. The third-order valence-corrected chi connectivity index (χ3v) is 6.56. The summed E-state index contributed by atoms with van der Waals surface area (Å²) in [5.41, 5.74) is 3.26. The third-order valence-electron chi connectivity index (χ3n) is 5.34. The zero-order chi connectivity index (χ0) is 18.4. The summed E-state index contributed by atoms with van der Waals surface area (Å²) in [4.78, 5) is 12.5.